The van der Waals surface area contributed by atoms with E-state index in [2.05, 4.69) is 93.6 Å². The third-order valence-electron chi connectivity index (χ3n) is 12.6. The van der Waals surface area contributed by atoms with Crippen molar-refractivity contribution in [2.24, 2.45) is 17.6 Å². The van der Waals surface area contributed by atoms with Crippen molar-refractivity contribution in [3.8, 4) is 0 Å². The van der Waals surface area contributed by atoms with Crippen LogP contribution in [0.25, 0.3) is 0 Å². The summed E-state index contributed by atoms with van der Waals surface area (Å²) in [7, 11) is 4.25. The van der Waals surface area contributed by atoms with E-state index in [1.165, 1.54) is 27.2 Å². The topological polar surface area (TPSA) is 116 Å². The lowest BCUT2D eigenvalue weighted by atomic mass is 9.81. The van der Waals surface area contributed by atoms with E-state index in [0.29, 0.717) is 25.4 Å². The lowest BCUT2D eigenvalue weighted by Gasteiger charge is -2.43. The highest BCUT2D eigenvalue weighted by atomic mass is 19.4. The number of likely N-dealkylation sites (tertiary alicyclic amines) is 2. The zero-order valence-corrected chi connectivity index (χ0v) is 33.6. The number of hydrogen-bond acceptors (Lipinski definition) is 7. The van der Waals surface area contributed by atoms with Crippen LogP contribution in [0.1, 0.15) is 113 Å². The summed E-state index contributed by atoms with van der Waals surface area (Å²) in [5, 5.41) is 0. The van der Waals surface area contributed by atoms with Crippen LogP contribution in [0.5, 0.6) is 0 Å². The SMILES string of the molecule is C[C@H]1CCC(c2ccc3c(c2)CCN(C)C3(C)C)N(C(=O)C(=O)OCC(F)(F)F)C1.C[C@H]1CCC(c2ccc3c(c2)CCN(C)C3(C)C)N(C(=O)C(N)=O)C1. The zero-order valence-electron chi connectivity index (χ0n) is 33.6. The second-order valence-electron chi connectivity index (χ2n) is 17.2. The number of nitrogens with two attached hydrogens (primary N) is 1. The Kier molecular flexibility index (Phi) is 12.5. The minimum atomic E-state index is -4.66. The van der Waals surface area contributed by atoms with Gasteiger partial charge < -0.3 is 20.3 Å². The van der Waals surface area contributed by atoms with Gasteiger partial charge in [-0.3, -0.25) is 24.2 Å². The summed E-state index contributed by atoms with van der Waals surface area (Å²) in [6.07, 6.45) is 0.687. The summed E-state index contributed by atoms with van der Waals surface area (Å²) in [5.74, 6) is -3.33. The molecule has 0 spiro atoms. The maximum absolute atomic E-state index is 12.7. The number of carbonyl (C=O) groups excluding carboxylic acids is 4. The number of carbonyl (C=O) groups is 4. The third kappa shape index (κ3) is 9.20. The molecule has 55 heavy (non-hydrogen) atoms. The van der Waals surface area contributed by atoms with Crippen molar-refractivity contribution >= 4 is 23.7 Å². The number of fused-ring (bicyclic) bond motifs is 2. The molecule has 4 aliphatic rings. The van der Waals surface area contributed by atoms with Crippen LogP contribution in [0.15, 0.2) is 36.4 Å². The summed E-state index contributed by atoms with van der Waals surface area (Å²) in [4.78, 5) is 56.2. The maximum atomic E-state index is 12.7. The average Bonchev–Trinajstić information content (AvgIpc) is 3.12. The van der Waals surface area contributed by atoms with Crippen molar-refractivity contribution in [1.82, 2.24) is 19.6 Å². The van der Waals surface area contributed by atoms with Crippen molar-refractivity contribution < 1.29 is 37.1 Å². The molecule has 6 rings (SSSR count). The van der Waals surface area contributed by atoms with Gasteiger partial charge in [-0.1, -0.05) is 50.2 Å². The average molecular weight is 770 g/mol. The van der Waals surface area contributed by atoms with Gasteiger partial charge in [0.25, 0.3) is 0 Å². The molecule has 302 valence electrons. The molecule has 2 aromatic carbocycles. The van der Waals surface area contributed by atoms with Crippen molar-refractivity contribution in [2.45, 2.75) is 109 Å². The number of alkyl halides is 3. The molecule has 2 fully saturated rings. The normalized spacial score (nSPS) is 25.1. The number of hydrogen-bond donors (Lipinski definition) is 1. The molecule has 0 aliphatic carbocycles. The number of rotatable bonds is 3. The molecule has 4 heterocycles. The third-order valence-corrected chi connectivity index (χ3v) is 12.6. The smallest absolute Gasteiger partial charge is 0.422 e. The van der Waals surface area contributed by atoms with Gasteiger partial charge in [-0.25, -0.2) is 4.79 Å². The first-order chi connectivity index (χ1) is 25.6. The molecule has 4 atom stereocenters. The molecule has 10 nitrogen and oxygen atoms in total. The van der Waals surface area contributed by atoms with E-state index < -0.39 is 36.5 Å². The van der Waals surface area contributed by atoms with E-state index in [1.807, 2.05) is 13.0 Å². The monoisotopic (exact) mass is 769 g/mol. The molecule has 4 aliphatic heterocycles. The van der Waals surface area contributed by atoms with Gasteiger partial charge in [0, 0.05) is 37.3 Å². The van der Waals surface area contributed by atoms with Crippen molar-refractivity contribution in [2.75, 3.05) is 46.9 Å². The standard InChI is InChI=1S/C22H29F3N2O3.C20H29N3O2/c1-14-5-8-18(27(12-14)19(28)20(29)30-13-22(23,24)25)16-6-7-17-15(11-16)9-10-26(4)21(17,2)3;1-13-5-8-17(23(12-13)19(25)18(21)24)15-6-7-16-14(11-15)9-10-22(4)20(16,2)3/h6-7,11,14,18H,5,8-10,12-13H2,1-4H3;6-7,11,13,17H,5,8-10,12H2,1-4H3,(H2,21,24)/t14-,18?;13-,17?/m00/s1. The fourth-order valence-corrected chi connectivity index (χ4v) is 8.71. The van der Waals surface area contributed by atoms with E-state index in [-0.39, 0.29) is 29.1 Å². The number of likely N-dealkylation sites (N-methyl/N-ethyl adjacent to an activating group) is 2. The van der Waals surface area contributed by atoms with Crippen LogP contribution < -0.4 is 5.73 Å². The van der Waals surface area contributed by atoms with Gasteiger partial charge in [-0.2, -0.15) is 13.2 Å². The summed E-state index contributed by atoms with van der Waals surface area (Å²) < 4.78 is 41.3. The van der Waals surface area contributed by atoms with Gasteiger partial charge in [0.15, 0.2) is 6.61 Å². The molecular formula is C42H58F3N5O5. The second kappa shape index (κ2) is 16.3. The van der Waals surface area contributed by atoms with Gasteiger partial charge >= 0.3 is 29.9 Å². The first-order valence-electron chi connectivity index (χ1n) is 19.5. The summed E-state index contributed by atoms with van der Waals surface area (Å²) in [5.41, 5.74) is 12.4. The molecule has 0 aromatic heterocycles. The van der Waals surface area contributed by atoms with E-state index in [1.54, 1.807) is 4.90 Å². The number of benzene rings is 2. The first kappa shape index (κ1) is 42.2. The number of nitrogens with zero attached hydrogens (tertiary/aromatic N) is 4. The molecule has 2 aromatic rings. The highest BCUT2D eigenvalue weighted by molar-refractivity contribution is 6.34. The Labute approximate surface area is 323 Å². The molecule has 13 heteroatoms. The largest absolute Gasteiger partial charge is 0.449 e. The van der Waals surface area contributed by atoms with Crippen molar-refractivity contribution in [1.29, 1.82) is 0 Å². The molecule has 2 saturated heterocycles. The van der Waals surface area contributed by atoms with Gasteiger partial charge in [0.2, 0.25) is 0 Å². The van der Waals surface area contributed by atoms with Gasteiger partial charge in [-0.05, 0) is 126 Å². The fourth-order valence-electron chi connectivity index (χ4n) is 8.71. The van der Waals surface area contributed by atoms with Crippen LogP contribution in [0.2, 0.25) is 0 Å². The number of ether oxygens (including phenoxy) is 1. The van der Waals surface area contributed by atoms with Crippen LogP contribution in [-0.4, -0.2) is 96.3 Å². The summed E-state index contributed by atoms with van der Waals surface area (Å²) in [6, 6.07) is 12.3. The lowest BCUT2D eigenvalue weighted by molar-refractivity contribution is -0.190. The Morgan fingerprint density at radius 1 is 0.727 bits per heavy atom. The molecular weight excluding hydrogens is 711 g/mol. The van der Waals surface area contributed by atoms with Gasteiger partial charge in [0.05, 0.1) is 12.1 Å². The van der Waals surface area contributed by atoms with Crippen LogP contribution >= 0.6 is 0 Å². The Balaban J connectivity index is 0.000000214. The zero-order chi connectivity index (χ0) is 40.6. The molecule has 2 N–H and O–H groups in total. The van der Waals surface area contributed by atoms with Gasteiger partial charge in [-0.15, -0.1) is 0 Å². The minimum Gasteiger partial charge on any atom is -0.449 e. The van der Waals surface area contributed by atoms with E-state index in [4.69, 9.17) is 5.73 Å². The van der Waals surface area contributed by atoms with Crippen molar-refractivity contribution in [3.05, 3.63) is 69.8 Å². The molecule has 2 unspecified atom stereocenters. The number of primary amides is 1. The fraction of sp³-hybridized carbons (Fsp3) is 0.619. The minimum absolute atomic E-state index is 0.00984. The van der Waals surface area contributed by atoms with Crippen LogP contribution in [-0.2, 0) is 47.8 Å². The molecule has 0 saturated carbocycles. The highest BCUT2D eigenvalue weighted by Crippen LogP contribution is 2.40. The lowest BCUT2D eigenvalue weighted by Crippen LogP contribution is -2.47. The number of piperidine rings is 2. The van der Waals surface area contributed by atoms with E-state index in [9.17, 15) is 32.3 Å². The Morgan fingerprint density at radius 3 is 1.55 bits per heavy atom. The van der Waals surface area contributed by atoms with Crippen LogP contribution in [0, 0.1) is 11.8 Å². The Morgan fingerprint density at radius 2 is 1.15 bits per heavy atom. The second-order valence-corrected chi connectivity index (χ2v) is 17.2. The van der Waals surface area contributed by atoms with Crippen LogP contribution in [0.4, 0.5) is 13.2 Å². The highest BCUT2D eigenvalue weighted by Gasteiger charge is 2.40. The van der Waals surface area contributed by atoms with E-state index in [0.717, 1.165) is 56.3 Å². The first-order valence-corrected chi connectivity index (χ1v) is 19.5. The molecule has 0 radical (unpaired) electrons. The summed E-state index contributed by atoms with van der Waals surface area (Å²) >= 11 is 0. The van der Waals surface area contributed by atoms with Gasteiger partial charge in [0.1, 0.15) is 0 Å². The molecule has 0 bridgehead atoms. The number of esters is 1. The summed E-state index contributed by atoms with van der Waals surface area (Å²) in [6.45, 7) is 14.0. The maximum Gasteiger partial charge on any atom is 0.422 e. The number of amides is 3. The van der Waals surface area contributed by atoms with Crippen LogP contribution in [0.3, 0.4) is 0 Å². The number of halogens is 3. The Hall–Kier alpha value is -3.97. The van der Waals surface area contributed by atoms with Crippen molar-refractivity contribution in [3.63, 3.8) is 0 Å². The Bertz CT molecular complexity index is 1780. The predicted octanol–water partition coefficient (Wildman–Crippen LogP) is 6.01. The predicted molar refractivity (Wildman–Crippen MR) is 204 cm³/mol. The molecule has 3 amide bonds. The van der Waals surface area contributed by atoms with E-state index >= 15 is 0 Å². The quantitative estimate of drug-likeness (QED) is 0.301.